The third kappa shape index (κ3) is 6.91. The molecule has 0 aliphatic carbocycles. The van der Waals surface area contributed by atoms with E-state index in [1.54, 1.807) is 0 Å². The standard InChI is InChI=1S/C30H28ClNO3S/c1-21(2)28-10-5-4-8-23(28)14-18-30(35-36(3,33)34)25-9-6-7-22(19-25)11-16-27-17-13-24-12-15-26(31)20-29(24)32-27/h4-13,15-17,19-20,30H,1,14,18H2,2-3H3/b16-11+/t30-/m0/s1. The van der Waals surface area contributed by atoms with Crippen molar-refractivity contribution in [2.24, 2.45) is 0 Å². The highest BCUT2D eigenvalue weighted by molar-refractivity contribution is 7.86. The molecule has 6 heteroatoms. The number of halogens is 1. The van der Waals surface area contributed by atoms with Crippen molar-refractivity contribution in [1.82, 2.24) is 4.98 Å². The van der Waals surface area contributed by atoms with Crippen LogP contribution in [0.2, 0.25) is 5.02 Å². The summed E-state index contributed by atoms with van der Waals surface area (Å²) >= 11 is 6.11. The van der Waals surface area contributed by atoms with E-state index >= 15 is 0 Å². The van der Waals surface area contributed by atoms with Gasteiger partial charge < -0.3 is 0 Å². The van der Waals surface area contributed by atoms with E-state index in [2.05, 4.69) is 11.6 Å². The first-order chi connectivity index (χ1) is 17.2. The molecule has 3 aromatic carbocycles. The van der Waals surface area contributed by atoms with Gasteiger partial charge in [-0.3, -0.25) is 4.18 Å². The fourth-order valence-electron chi connectivity index (χ4n) is 4.17. The second-order valence-corrected chi connectivity index (χ2v) is 10.9. The number of aryl methyl sites for hydroxylation is 1. The Morgan fingerprint density at radius 1 is 1.03 bits per heavy atom. The van der Waals surface area contributed by atoms with Crippen LogP contribution in [0.3, 0.4) is 0 Å². The maximum absolute atomic E-state index is 12.1. The van der Waals surface area contributed by atoms with Gasteiger partial charge in [0.25, 0.3) is 10.1 Å². The maximum Gasteiger partial charge on any atom is 0.264 e. The van der Waals surface area contributed by atoms with Crippen molar-refractivity contribution in [3.05, 3.63) is 118 Å². The number of benzene rings is 3. The van der Waals surface area contributed by atoms with Crippen LogP contribution in [-0.4, -0.2) is 19.7 Å². The van der Waals surface area contributed by atoms with Gasteiger partial charge in [-0.25, -0.2) is 4.98 Å². The van der Waals surface area contributed by atoms with E-state index in [0.717, 1.165) is 50.7 Å². The Balaban J connectivity index is 1.58. The van der Waals surface area contributed by atoms with Gasteiger partial charge in [-0.15, -0.1) is 0 Å². The molecule has 1 atom stereocenters. The monoisotopic (exact) mass is 517 g/mol. The van der Waals surface area contributed by atoms with Gasteiger partial charge in [0.15, 0.2) is 0 Å². The average molecular weight is 518 g/mol. The molecule has 184 valence electrons. The topological polar surface area (TPSA) is 56.3 Å². The fourth-order valence-corrected chi connectivity index (χ4v) is 4.96. The summed E-state index contributed by atoms with van der Waals surface area (Å²) in [6.07, 6.45) is 5.53. The Labute approximate surface area is 218 Å². The van der Waals surface area contributed by atoms with E-state index in [0.29, 0.717) is 17.9 Å². The van der Waals surface area contributed by atoms with Crippen LogP contribution in [0.25, 0.3) is 28.6 Å². The summed E-state index contributed by atoms with van der Waals surface area (Å²) in [5.74, 6) is 0. The minimum absolute atomic E-state index is 0.511. The summed E-state index contributed by atoms with van der Waals surface area (Å²) in [4.78, 5) is 4.66. The first kappa shape index (κ1) is 25.8. The molecule has 0 amide bonds. The predicted molar refractivity (Wildman–Crippen MR) is 150 cm³/mol. The molecule has 4 aromatic rings. The fraction of sp³-hybridized carbons (Fsp3) is 0.167. The maximum atomic E-state index is 12.1. The lowest BCUT2D eigenvalue weighted by molar-refractivity contribution is 0.205. The van der Waals surface area contributed by atoms with E-state index in [9.17, 15) is 8.42 Å². The van der Waals surface area contributed by atoms with Gasteiger partial charge in [-0.2, -0.15) is 8.42 Å². The number of rotatable bonds is 9. The second kappa shape index (κ2) is 11.2. The third-order valence-corrected chi connectivity index (χ3v) is 6.67. The van der Waals surface area contributed by atoms with Gasteiger partial charge in [0, 0.05) is 10.4 Å². The van der Waals surface area contributed by atoms with Crippen molar-refractivity contribution in [3.8, 4) is 0 Å². The van der Waals surface area contributed by atoms with Crippen molar-refractivity contribution >= 4 is 50.3 Å². The minimum Gasteiger partial charge on any atom is -0.262 e. The first-order valence-electron chi connectivity index (χ1n) is 11.6. The molecule has 0 bridgehead atoms. The first-order valence-corrected chi connectivity index (χ1v) is 13.8. The Morgan fingerprint density at radius 2 is 1.81 bits per heavy atom. The van der Waals surface area contributed by atoms with E-state index in [1.807, 2.05) is 97.9 Å². The molecule has 0 spiro atoms. The van der Waals surface area contributed by atoms with E-state index < -0.39 is 16.2 Å². The quantitative estimate of drug-likeness (QED) is 0.213. The van der Waals surface area contributed by atoms with Crippen molar-refractivity contribution in [3.63, 3.8) is 0 Å². The second-order valence-electron chi connectivity index (χ2n) is 8.84. The molecule has 0 radical (unpaired) electrons. The van der Waals surface area contributed by atoms with E-state index in [4.69, 9.17) is 15.8 Å². The van der Waals surface area contributed by atoms with Crippen molar-refractivity contribution in [2.45, 2.75) is 25.9 Å². The smallest absolute Gasteiger partial charge is 0.262 e. The summed E-state index contributed by atoms with van der Waals surface area (Å²) in [7, 11) is -3.65. The lowest BCUT2D eigenvalue weighted by atomic mass is 9.95. The molecule has 0 aliphatic rings. The lowest BCUT2D eigenvalue weighted by Crippen LogP contribution is -2.12. The molecule has 0 fully saturated rings. The van der Waals surface area contributed by atoms with E-state index in [1.165, 1.54) is 0 Å². The van der Waals surface area contributed by atoms with Gasteiger partial charge >= 0.3 is 0 Å². The molecule has 0 aliphatic heterocycles. The van der Waals surface area contributed by atoms with Gasteiger partial charge in [-0.1, -0.05) is 84.4 Å². The highest BCUT2D eigenvalue weighted by atomic mass is 35.5. The van der Waals surface area contributed by atoms with Crippen LogP contribution in [0.4, 0.5) is 0 Å². The molecule has 0 saturated carbocycles. The van der Waals surface area contributed by atoms with Crippen molar-refractivity contribution < 1.29 is 12.6 Å². The Hall–Kier alpha value is -3.25. The predicted octanol–water partition coefficient (Wildman–Crippen LogP) is 7.74. The molecule has 1 heterocycles. The van der Waals surface area contributed by atoms with Gasteiger partial charge in [0.2, 0.25) is 0 Å². The number of hydrogen-bond donors (Lipinski definition) is 0. The third-order valence-electron chi connectivity index (χ3n) is 5.85. The molecule has 4 rings (SSSR count). The molecule has 0 unspecified atom stereocenters. The van der Waals surface area contributed by atoms with Gasteiger partial charge in [-0.05, 0) is 72.4 Å². The largest absolute Gasteiger partial charge is 0.264 e. The van der Waals surface area contributed by atoms with Crippen LogP contribution in [0.1, 0.15) is 47.4 Å². The summed E-state index contributed by atoms with van der Waals surface area (Å²) in [5.41, 5.74) is 6.52. The molecule has 0 N–H and O–H groups in total. The lowest BCUT2D eigenvalue weighted by Gasteiger charge is -2.18. The van der Waals surface area contributed by atoms with Crippen LogP contribution >= 0.6 is 11.6 Å². The SMILES string of the molecule is C=C(C)c1ccccc1CC[C@H](OS(C)(=O)=O)c1cccc(/C=C/c2ccc3ccc(Cl)cc3n2)c1. The van der Waals surface area contributed by atoms with Crippen LogP contribution in [0.15, 0.2) is 85.4 Å². The molecule has 0 saturated heterocycles. The van der Waals surface area contributed by atoms with Gasteiger partial charge in [0.05, 0.1) is 17.5 Å². The molecule has 1 aromatic heterocycles. The number of allylic oxidation sites excluding steroid dienone is 1. The average Bonchev–Trinajstić information content (AvgIpc) is 2.84. The van der Waals surface area contributed by atoms with E-state index in [-0.39, 0.29) is 0 Å². The van der Waals surface area contributed by atoms with Crippen LogP contribution in [0, 0.1) is 0 Å². The number of aromatic nitrogens is 1. The highest BCUT2D eigenvalue weighted by Crippen LogP contribution is 2.28. The molecule has 4 nitrogen and oxygen atoms in total. The zero-order valence-electron chi connectivity index (χ0n) is 20.3. The zero-order chi connectivity index (χ0) is 25.7. The summed E-state index contributed by atoms with van der Waals surface area (Å²) < 4.78 is 29.6. The number of fused-ring (bicyclic) bond motifs is 1. The summed E-state index contributed by atoms with van der Waals surface area (Å²) in [5, 5.41) is 1.67. The van der Waals surface area contributed by atoms with Crippen LogP contribution in [0.5, 0.6) is 0 Å². The van der Waals surface area contributed by atoms with Gasteiger partial charge in [0.1, 0.15) is 6.10 Å². The highest BCUT2D eigenvalue weighted by Gasteiger charge is 2.19. The summed E-state index contributed by atoms with van der Waals surface area (Å²) in [6.45, 7) is 6.03. The van der Waals surface area contributed by atoms with Crippen LogP contribution in [-0.2, 0) is 20.7 Å². The van der Waals surface area contributed by atoms with Crippen molar-refractivity contribution in [1.29, 1.82) is 0 Å². The zero-order valence-corrected chi connectivity index (χ0v) is 21.9. The number of hydrogen-bond acceptors (Lipinski definition) is 4. The normalized spacial score (nSPS) is 12.8. The number of nitrogens with zero attached hydrogens (tertiary/aromatic N) is 1. The Morgan fingerprint density at radius 3 is 2.58 bits per heavy atom. The Kier molecular flexibility index (Phi) is 8.04. The molecule has 36 heavy (non-hydrogen) atoms. The molecular formula is C30H28ClNO3S. The minimum atomic E-state index is -3.65. The summed E-state index contributed by atoms with van der Waals surface area (Å²) in [6, 6.07) is 25.3. The number of pyridine rings is 1. The Bertz CT molecular complexity index is 1540. The van der Waals surface area contributed by atoms with Crippen molar-refractivity contribution in [2.75, 3.05) is 6.26 Å². The van der Waals surface area contributed by atoms with Crippen LogP contribution < -0.4 is 0 Å². The molecular weight excluding hydrogens is 490 g/mol.